The fourth-order valence-electron chi connectivity index (χ4n) is 6.92. The van der Waals surface area contributed by atoms with Crippen molar-refractivity contribution in [2.75, 3.05) is 48.1 Å². The molecule has 0 aromatic heterocycles. The molecular formula is C29H40N2O4. The number of benzene rings is 2. The molecule has 1 fully saturated rings. The first-order valence-electron chi connectivity index (χ1n) is 13.1. The minimum Gasteiger partial charge on any atom is -0.493 e. The molecule has 1 N–H and O–H groups in total. The Labute approximate surface area is 209 Å². The molecule has 0 radical (unpaired) electrons. The molecule has 3 heterocycles. The molecule has 6 nitrogen and oxygen atoms in total. The normalized spacial score (nSPS) is 25.7. The van der Waals surface area contributed by atoms with Crippen LogP contribution in [0, 0.1) is 11.8 Å². The Bertz CT molecular complexity index is 1060. The predicted molar refractivity (Wildman–Crippen MR) is 138 cm³/mol. The molecule has 0 bridgehead atoms. The van der Waals surface area contributed by atoms with E-state index in [4.69, 9.17) is 18.9 Å². The molecule has 35 heavy (non-hydrogen) atoms. The molecule has 5 rings (SSSR count). The van der Waals surface area contributed by atoms with Crippen molar-refractivity contribution in [3.63, 3.8) is 0 Å². The molecule has 6 heteroatoms. The molecule has 3 aliphatic rings. The Hall–Kier alpha value is -2.44. The highest BCUT2D eigenvalue weighted by Crippen LogP contribution is 2.49. The van der Waals surface area contributed by atoms with E-state index in [-0.39, 0.29) is 0 Å². The van der Waals surface area contributed by atoms with Crippen molar-refractivity contribution < 1.29 is 18.9 Å². The van der Waals surface area contributed by atoms with Gasteiger partial charge in [-0.1, -0.05) is 13.3 Å². The second-order valence-corrected chi connectivity index (χ2v) is 10.2. The summed E-state index contributed by atoms with van der Waals surface area (Å²) in [5, 5.41) is 3.83. The number of piperidine rings is 1. The van der Waals surface area contributed by atoms with Crippen LogP contribution in [0.25, 0.3) is 0 Å². The number of nitrogens with one attached hydrogen (secondary N) is 1. The third-order valence-corrected chi connectivity index (χ3v) is 8.64. The van der Waals surface area contributed by atoms with E-state index in [2.05, 4.69) is 41.4 Å². The summed E-state index contributed by atoms with van der Waals surface area (Å²) in [4.78, 5) is 2.72. The zero-order chi connectivity index (χ0) is 24.5. The van der Waals surface area contributed by atoms with E-state index in [1.165, 1.54) is 35.1 Å². The van der Waals surface area contributed by atoms with E-state index in [1.807, 2.05) is 0 Å². The molecule has 0 aliphatic carbocycles. The average Bonchev–Trinajstić information content (AvgIpc) is 2.91. The second kappa shape index (κ2) is 10.3. The van der Waals surface area contributed by atoms with Gasteiger partial charge in [0.25, 0.3) is 0 Å². The molecule has 0 spiro atoms. The van der Waals surface area contributed by atoms with Crippen LogP contribution in [0.1, 0.15) is 60.5 Å². The number of ether oxygens (including phenoxy) is 4. The summed E-state index contributed by atoms with van der Waals surface area (Å²) in [6.07, 6.45) is 5.67. The Kier molecular flexibility index (Phi) is 7.12. The van der Waals surface area contributed by atoms with Crippen LogP contribution >= 0.6 is 0 Å². The van der Waals surface area contributed by atoms with Gasteiger partial charge < -0.3 is 24.3 Å². The van der Waals surface area contributed by atoms with Crippen LogP contribution in [-0.4, -0.2) is 53.0 Å². The van der Waals surface area contributed by atoms with Crippen molar-refractivity contribution >= 4 is 0 Å². The molecule has 1 saturated heterocycles. The Morgan fingerprint density at radius 3 is 2.03 bits per heavy atom. The second-order valence-electron chi connectivity index (χ2n) is 10.2. The largest absolute Gasteiger partial charge is 0.493 e. The number of methoxy groups -OCH3 is 4. The third kappa shape index (κ3) is 4.36. The van der Waals surface area contributed by atoms with Crippen molar-refractivity contribution in [3.05, 3.63) is 46.5 Å². The summed E-state index contributed by atoms with van der Waals surface area (Å²) in [6.45, 7) is 5.65. The Morgan fingerprint density at radius 2 is 1.40 bits per heavy atom. The Morgan fingerprint density at radius 1 is 0.800 bits per heavy atom. The molecule has 3 aliphatic heterocycles. The monoisotopic (exact) mass is 480 g/mol. The van der Waals surface area contributed by atoms with Gasteiger partial charge in [0.2, 0.25) is 0 Å². The third-order valence-electron chi connectivity index (χ3n) is 8.64. The highest BCUT2D eigenvalue weighted by Gasteiger charge is 2.42. The summed E-state index contributed by atoms with van der Waals surface area (Å²) < 4.78 is 22.6. The number of hydrogen-bond donors (Lipinski definition) is 1. The summed E-state index contributed by atoms with van der Waals surface area (Å²) in [7, 11) is 6.91. The maximum absolute atomic E-state index is 5.70. The van der Waals surface area contributed by atoms with E-state index >= 15 is 0 Å². The van der Waals surface area contributed by atoms with E-state index < -0.39 is 0 Å². The molecule has 2 aromatic carbocycles. The van der Waals surface area contributed by atoms with Gasteiger partial charge in [-0.25, -0.2) is 0 Å². The Balaban J connectivity index is 1.45. The lowest BCUT2D eigenvalue weighted by Crippen LogP contribution is -2.47. The van der Waals surface area contributed by atoms with Crippen LogP contribution in [0.15, 0.2) is 24.3 Å². The fraction of sp³-hybridized carbons (Fsp3) is 0.586. The lowest BCUT2D eigenvalue weighted by molar-refractivity contribution is 0.0291. The number of hydrogen-bond acceptors (Lipinski definition) is 6. The number of fused-ring (bicyclic) bond motifs is 4. The van der Waals surface area contributed by atoms with Gasteiger partial charge >= 0.3 is 0 Å². The van der Waals surface area contributed by atoms with Crippen LogP contribution in [0.4, 0.5) is 0 Å². The quantitative estimate of drug-likeness (QED) is 0.606. The van der Waals surface area contributed by atoms with Crippen molar-refractivity contribution in [2.45, 2.75) is 51.1 Å². The van der Waals surface area contributed by atoms with Crippen molar-refractivity contribution in [3.8, 4) is 23.0 Å². The first-order chi connectivity index (χ1) is 17.1. The molecule has 4 atom stereocenters. The van der Waals surface area contributed by atoms with Crippen LogP contribution in [0.3, 0.4) is 0 Å². The maximum atomic E-state index is 5.70. The lowest BCUT2D eigenvalue weighted by atomic mass is 9.70. The van der Waals surface area contributed by atoms with Crippen molar-refractivity contribution in [2.24, 2.45) is 11.8 Å². The van der Waals surface area contributed by atoms with E-state index in [9.17, 15) is 0 Å². The molecular weight excluding hydrogens is 440 g/mol. The molecule has 0 saturated carbocycles. The lowest BCUT2D eigenvalue weighted by Gasteiger charge is -2.49. The summed E-state index contributed by atoms with van der Waals surface area (Å²) >= 11 is 0. The number of nitrogens with zero attached hydrogens (tertiary/aromatic N) is 1. The van der Waals surface area contributed by atoms with Crippen LogP contribution in [-0.2, 0) is 12.8 Å². The van der Waals surface area contributed by atoms with Crippen LogP contribution < -0.4 is 24.3 Å². The maximum Gasteiger partial charge on any atom is 0.161 e. The fourth-order valence-corrected chi connectivity index (χ4v) is 6.92. The highest BCUT2D eigenvalue weighted by molar-refractivity contribution is 5.51. The molecule has 190 valence electrons. The average molecular weight is 481 g/mol. The summed E-state index contributed by atoms with van der Waals surface area (Å²) in [5.41, 5.74) is 5.62. The van der Waals surface area contributed by atoms with Gasteiger partial charge in [-0.2, -0.15) is 0 Å². The SMILES string of the molecule is CC[C@@H]1[C@H](C[C@H]2NCCc3cc(OC)c(OC)cc32)CCN2CCc3cc(OC)c(OC)cc3[C@H]12. The first kappa shape index (κ1) is 24.3. The van der Waals surface area contributed by atoms with E-state index in [1.54, 1.807) is 28.4 Å². The van der Waals surface area contributed by atoms with E-state index in [0.717, 1.165) is 61.9 Å². The van der Waals surface area contributed by atoms with Gasteiger partial charge in [-0.15, -0.1) is 0 Å². The zero-order valence-electron chi connectivity index (χ0n) is 21.9. The van der Waals surface area contributed by atoms with Gasteiger partial charge in [-0.05, 0) is 97.1 Å². The molecule has 0 unspecified atom stereocenters. The van der Waals surface area contributed by atoms with Crippen LogP contribution in [0.2, 0.25) is 0 Å². The molecule has 0 amide bonds. The molecule has 2 aromatic rings. The highest BCUT2D eigenvalue weighted by atomic mass is 16.5. The van der Waals surface area contributed by atoms with Gasteiger partial charge in [0.15, 0.2) is 23.0 Å². The topological polar surface area (TPSA) is 52.2 Å². The minimum absolute atomic E-state index is 0.345. The van der Waals surface area contributed by atoms with Gasteiger partial charge in [0.05, 0.1) is 28.4 Å². The predicted octanol–water partition coefficient (Wildman–Crippen LogP) is 4.94. The van der Waals surface area contributed by atoms with Crippen molar-refractivity contribution in [1.29, 1.82) is 0 Å². The zero-order valence-corrected chi connectivity index (χ0v) is 21.9. The number of rotatable bonds is 7. The summed E-state index contributed by atoms with van der Waals surface area (Å²) in [6, 6.07) is 9.63. The van der Waals surface area contributed by atoms with Gasteiger partial charge in [-0.3, -0.25) is 4.90 Å². The first-order valence-corrected chi connectivity index (χ1v) is 13.1. The van der Waals surface area contributed by atoms with Crippen molar-refractivity contribution in [1.82, 2.24) is 10.2 Å². The smallest absolute Gasteiger partial charge is 0.161 e. The minimum atomic E-state index is 0.345. The van der Waals surface area contributed by atoms with Gasteiger partial charge in [0.1, 0.15) is 0 Å². The van der Waals surface area contributed by atoms with Crippen LogP contribution in [0.5, 0.6) is 23.0 Å². The standard InChI is InChI=1S/C29H40N2O4/c1-6-21-19(13-24-22-16-27(34-4)25(32-2)14-18(22)7-10-30-24)8-11-31-12-9-20-15-26(33-3)28(35-5)17-23(20)29(21)31/h14-17,19,21,24,29-30H,6-13H2,1-5H3/t19-,21+,24+,29-/m0/s1. The summed E-state index contributed by atoms with van der Waals surface area (Å²) in [5.74, 6) is 4.59. The van der Waals surface area contributed by atoms with Gasteiger partial charge in [0, 0.05) is 18.6 Å². The van der Waals surface area contributed by atoms with E-state index in [0.29, 0.717) is 23.9 Å².